The van der Waals surface area contributed by atoms with Gasteiger partial charge in [-0.05, 0) is 0 Å². The zero-order valence-electron chi connectivity index (χ0n) is 12.0. The van der Waals surface area contributed by atoms with E-state index in [1.807, 2.05) is 6.21 Å². The Balaban J connectivity index is 2.29. The quantitative estimate of drug-likeness (QED) is 0.755. The number of allylic oxidation sites excluding steroid dienone is 3. The van der Waals surface area contributed by atoms with Crippen molar-refractivity contribution in [2.75, 3.05) is 14.1 Å². The first-order valence-corrected chi connectivity index (χ1v) is 6.80. The molecule has 1 aliphatic heterocycles. The van der Waals surface area contributed by atoms with Gasteiger partial charge in [-0.3, -0.25) is 0 Å². The van der Waals surface area contributed by atoms with Crippen LogP contribution in [0.25, 0.3) is 5.70 Å². The molecule has 2 heterocycles. The van der Waals surface area contributed by atoms with Crippen molar-refractivity contribution >= 4 is 18.8 Å². The molecule has 1 aromatic rings. The van der Waals surface area contributed by atoms with Crippen molar-refractivity contribution in [1.29, 1.82) is 0 Å². The summed E-state index contributed by atoms with van der Waals surface area (Å²) in [4.78, 5) is 6.78. The van der Waals surface area contributed by atoms with E-state index in [1.165, 1.54) is 11.0 Å². The first-order valence-electron chi connectivity index (χ1n) is 6.80. The average molecular weight is 252 g/mol. The Morgan fingerprint density at radius 3 is 3.05 bits per heavy atom. The van der Waals surface area contributed by atoms with Crippen molar-refractivity contribution in [2.24, 2.45) is 10.9 Å². The van der Waals surface area contributed by atoms with Crippen molar-refractivity contribution in [2.45, 2.75) is 19.9 Å². The van der Waals surface area contributed by atoms with Gasteiger partial charge >= 0.3 is 116 Å². The Bertz CT molecular complexity index is 515. The summed E-state index contributed by atoms with van der Waals surface area (Å²) in [6.45, 7) is 5.29. The van der Waals surface area contributed by atoms with Crippen molar-refractivity contribution in [3.63, 3.8) is 0 Å². The Labute approximate surface area is 116 Å². The van der Waals surface area contributed by atoms with Gasteiger partial charge in [-0.15, -0.1) is 0 Å². The topological polar surface area (TPSA) is 15.6 Å². The van der Waals surface area contributed by atoms with E-state index in [0.717, 1.165) is 18.7 Å². The zero-order chi connectivity index (χ0) is 13.7. The molecule has 1 aromatic heterocycles. The molecule has 0 aliphatic carbocycles. The molecule has 1 unspecified atom stereocenters. The van der Waals surface area contributed by atoms with E-state index in [2.05, 4.69) is 74.1 Å². The van der Waals surface area contributed by atoms with Gasteiger partial charge < -0.3 is 0 Å². The molecule has 98 valence electrons. The van der Waals surface area contributed by atoms with Crippen LogP contribution in [0.1, 0.15) is 24.4 Å². The van der Waals surface area contributed by atoms with Crippen LogP contribution in [0.15, 0.2) is 41.3 Å². The molecule has 0 spiro atoms. The van der Waals surface area contributed by atoms with Crippen molar-refractivity contribution < 1.29 is 0 Å². The molecule has 0 N–H and O–H groups in total. The number of hydrogen-bond acceptors (Lipinski definition) is 2. The number of nitrogens with zero attached hydrogens (tertiary/aromatic N) is 2. The summed E-state index contributed by atoms with van der Waals surface area (Å²) in [7, 11) is 4.18. The Hall–Kier alpha value is -1.48. The monoisotopic (exact) mass is 252 g/mol. The van der Waals surface area contributed by atoms with Gasteiger partial charge in [0, 0.05) is 0 Å². The van der Waals surface area contributed by atoms with Crippen molar-refractivity contribution in [3.8, 4) is 0 Å². The zero-order valence-corrected chi connectivity index (χ0v) is 12.0. The van der Waals surface area contributed by atoms with Crippen LogP contribution in [-0.2, 0) is 6.54 Å². The van der Waals surface area contributed by atoms with E-state index < -0.39 is 0 Å². The molecule has 0 amide bonds. The third-order valence-corrected chi connectivity index (χ3v) is 3.05. The molecule has 19 heavy (non-hydrogen) atoms. The minimum atomic E-state index is 0.435. The summed E-state index contributed by atoms with van der Waals surface area (Å²) in [5.41, 5.74) is 3.61. The maximum absolute atomic E-state index is 4.60. The van der Waals surface area contributed by atoms with E-state index >= 15 is 0 Å². The molecular weight excluding hydrogens is 231 g/mol. The number of aliphatic imine (C=N–C) groups is 1. The fraction of sp³-hybridized carbons (Fsp3) is 0.375. The van der Waals surface area contributed by atoms with E-state index in [4.69, 9.17) is 0 Å². The fourth-order valence-corrected chi connectivity index (χ4v) is 2.22. The van der Waals surface area contributed by atoms with E-state index in [-0.39, 0.29) is 0 Å². The summed E-state index contributed by atoms with van der Waals surface area (Å²) >= 11 is 0. The van der Waals surface area contributed by atoms with Crippen molar-refractivity contribution in [3.05, 3.63) is 47.3 Å². The Morgan fingerprint density at radius 2 is 2.26 bits per heavy atom. The van der Waals surface area contributed by atoms with Crippen LogP contribution in [0.5, 0.6) is 0 Å². The number of rotatable bonds is 3. The van der Waals surface area contributed by atoms with Crippen LogP contribution in [0.3, 0.4) is 0 Å². The standard InChI is InChI=1S/C16H21BN2/c1-13-6-4-5-9-18-16(10-13)15-11-14(7-8-17-15)12-19(2)3/h4,6-11,13H,5,12H2,1-3H3. The van der Waals surface area contributed by atoms with Crippen LogP contribution < -0.4 is 0 Å². The van der Waals surface area contributed by atoms with Gasteiger partial charge in [0.15, 0.2) is 0 Å². The van der Waals surface area contributed by atoms with Gasteiger partial charge in [0.1, 0.15) is 0 Å². The predicted molar refractivity (Wildman–Crippen MR) is 84.6 cm³/mol. The third kappa shape index (κ3) is 4.28. The molecule has 2 nitrogen and oxygen atoms in total. The molecule has 0 radical (unpaired) electrons. The Morgan fingerprint density at radius 1 is 1.42 bits per heavy atom. The van der Waals surface area contributed by atoms with Crippen LogP contribution in [0.2, 0.25) is 0 Å². The Kier molecular flexibility index (Phi) is 4.86. The van der Waals surface area contributed by atoms with Gasteiger partial charge in [0.2, 0.25) is 0 Å². The fourth-order valence-electron chi connectivity index (χ4n) is 2.22. The summed E-state index contributed by atoms with van der Waals surface area (Å²) in [5.74, 6) is 2.55. The molecule has 0 bridgehead atoms. The molecule has 2 rings (SSSR count). The SMILES string of the molecule is CC1C=CCC=NC(c2bccc(CN(C)C)c2)=C1. The average Bonchev–Trinajstić information content (AvgIpc) is 2.33. The second kappa shape index (κ2) is 6.62. The van der Waals surface area contributed by atoms with Gasteiger partial charge in [0.05, 0.1) is 0 Å². The number of hydrogen-bond donors (Lipinski definition) is 0. The summed E-state index contributed by atoms with van der Waals surface area (Å²) < 4.78 is 0. The summed E-state index contributed by atoms with van der Waals surface area (Å²) in [6.07, 6.45) is 9.52. The second-order valence-corrected chi connectivity index (χ2v) is 5.32. The van der Waals surface area contributed by atoms with Gasteiger partial charge in [-0.25, -0.2) is 0 Å². The van der Waals surface area contributed by atoms with E-state index in [0.29, 0.717) is 5.92 Å². The summed E-state index contributed by atoms with van der Waals surface area (Å²) in [5, 5.41) is 0. The maximum atomic E-state index is 4.60. The van der Waals surface area contributed by atoms with E-state index in [9.17, 15) is 0 Å². The molecule has 3 heteroatoms. The first-order chi connectivity index (χ1) is 9.15. The van der Waals surface area contributed by atoms with Crippen LogP contribution in [0, 0.1) is 5.92 Å². The first kappa shape index (κ1) is 13.9. The van der Waals surface area contributed by atoms with Gasteiger partial charge in [-0.1, -0.05) is 0 Å². The molecule has 1 aliphatic rings. The van der Waals surface area contributed by atoms with Crippen LogP contribution in [-0.4, -0.2) is 32.1 Å². The molecule has 0 saturated carbocycles. The van der Waals surface area contributed by atoms with Crippen molar-refractivity contribution in [1.82, 2.24) is 4.90 Å². The van der Waals surface area contributed by atoms with E-state index in [1.54, 1.807) is 0 Å². The van der Waals surface area contributed by atoms with Gasteiger partial charge in [-0.2, -0.15) is 0 Å². The molecule has 0 aromatic carbocycles. The third-order valence-electron chi connectivity index (χ3n) is 3.05. The predicted octanol–water partition coefficient (Wildman–Crippen LogP) is 3.09. The summed E-state index contributed by atoms with van der Waals surface area (Å²) in [6, 6.07) is 4.40. The molecule has 0 saturated heterocycles. The minimum absolute atomic E-state index is 0.435. The molecule has 1 atom stereocenters. The normalized spacial score (nSPS) is 18.9. The van der Waals surface area contributed by atoms with Crippen LogP contribution in [0.4, 0.5) is 0 Å². The molecule has 0 fully saturated rings. The molecular formula is C16H21BN2. The van der Waals surface area contributed by atoms with Gasteiger partial charge in [0.25, 0.3) is 0 Å². The second-order valence-electron chi connectivity index (χ2n) is 5.32. The van der Waals surface area contributed by atoms with Crippen LogP contribution >= 0.6 is 0 Å².